The van der Waals surface area contributed by atoms with Gasteiger partial charge in [0.1, 0.15) is 5.75 Å². The van der Waals surface area contributed by atoms with Gasteiger partial charge in [-0.15, -0.1) is 0 Å². The van der Waals surface area contributed by atoms with Crippen molar-refractivity contribution in [3.8, 4) is 5.75 Å². The maximum absolute atomic E-state index is 12.2. The van der Waals surface area contributed by atoms with E-state index in [1.165, 1.54) is 25.3 Å². The molecule has 152 valence electrons. The van der Waals surface area contributed by atoms with Gasteiger partial charge in [0, 0.05) is 19.3 Å². The Hall–Kier alpha value is -2.13. The van der Waals surface area contributed by atoms with Gasteiger partial charge in [0.15, 0.2) is 6.61 Å². The average molecular weight is 427 g/mol. The standard InChI is InChI=1S/C19H23ClN2O5S/c1-13-4-5-15(10-14(13)2)22-19(23)12-27-18-7-6-16(11-17(18)20)28(24,25)21-8-9-26-3/h4-7,10-11,21H,8-9,12H2,1-3H3,(H,22,23). The van der Waals surface area contributed by atoms with E-state index in [-0.39, 0.29) is 41.3 Å². The molecule has 0 aliphatic carbocycles. The molecule has 0 unspecified atom stereocenters. The van der Waals surface area contributed by atoms with Crippen LogP contribution in [0, 0.1) is 13.8 Å². The van der Waals surface area contributed by atoms with E-state index >= 15 is 0 Å². The van der Waals surface area contributed by atoms with Crippen LogP contribution in [0.2, 0.25) is 5.02 Å². The number of ether oxygens (including phenoxy) is 2. The Balaban J connectivity index is 1.97. The van der Waals surface area contributed by atoms with Crippen LogP contribution in [-0.4, -0.2) is 41.2 Å². The number of anilines is 1. The smallest absolute Gasteiger partial charge is 0.262 e. The largest absolute Gasteiger partial charge is 0.482 e. The molecule has 0 saturated carbocycles. The topological polar surface area (TPSA) is 93.7 Å². The van der Waals surface area contributed by atoms with Gasteiger partial charge in [0.25, 0.3) is 5.91 Å². The summed E-state index contributed by atoms with van der Waals surface area (Å²) in [6.07, 6.45) is 0. The molecule has 1 amide bonds. The number of halogens is 1. The third kappa shape index (κ3) is 6.20. The monoisotopic (exact) mass is 426 g/mol. The van der Waals surface area contributed by atoms with Gasteiger partial charge >= 0.3 is 0 Å². The number of benzene rings is 2. The van der Waals surface area contributed by atoms with Gasteiger partial charge in [-0.3, -0.25) is 4.79 Å². The molecule has 2 rings (SSSR count). The Morgan fingerprint density at radius 3 is 2.50 bits per heavy atom. The van der Waals surface area contributed by atoms with Gasteiger partial charge in [-0.2, -0.15) is 0 Å². The lowest BCUT2D eigenvalue weighted by Gasteiger charge is -2.11. The summed E-state index contributed by atoms with van der Waals surface area (Å²) < 4.78 is 36.9. The summed E-state index contributed by atoms with van der Waals surface area (Å²) >= 11 is 6.10. The van der Waals surface area contributed by atoms with Crippen LogP contribution in [0.25, 0.3) is 0 Å². The van der Waals surface area contributed by atoms with Crippen molar-refractivity contribution in [1.29, 1.82) is 0 Å². The molecule has 0 aliphatic heterocycles. The summed E-state index contributed by atoms with van der Waals surface area (Å²) in [6, 6.07) is 9.64. The van der Waals surface area contributed by atoms with E-state index in [9.17, 15) is 13.2 Å². The number of carbonyl (C=O) groups excluding carboxylic acids is 1. The number of aryl methyl sites for hydroxylation is 2. The Morgan fingerprint density at radius 1 is 1.11 bits per heavy atom. The Labute approximate surface area is 170 Å². The molecule has 0 aliphatic rings. The van der Waals surface area contributed by atoms with Crippen molar-refractivity contribution in [2.45, 2.75) is 18.7 Å². The van der Waals surface area contributed by atoms with Crippen LogP contribution in [0.1, 0.15) is 11.1 Å². The first-order valence-electron chi connectivity index (χ1n) is 8.51. The molecule has 28 heavy (non-hydrogen) atoms. The van der Waals surface area contributed by atoms with Gasteiger partial charge in [0.2, 0.25) is 10.0 Å². The van der Waals surface area contributed by atoms with E-state index in [1.807, 2.05) is 32.0 Å². The third-order valence-corrected chi connectivity index (χ3v) is 5.72. The van der Waals surface area contributed by atoms with E-state index in [0.717, 1.165) is 11.1 Å². The van der Waals surface area contributed by atoms with Gasteiger partial charge in [-0.1, -0.05) is 17.7 Å². The van der Waals surface area contributed by atoms with Crippen molar-refractivity contribution < 1.29 is 22.7 Å². The summed E-state index contributed by atoms with van der Waals surface area (Å²) in [7, 11) is -2.22. The molecule has 2 N–H and O–H groups in total. The second kappa shape index (κ2) is 9.88. The van der Waals surface area contributed by atoms with Crippen LogP contribution in [0.4, 0.5) is 5.69 Å². The Bertz CT molecular complexity index is 947. The first-order chi connectivity index (χ1) is 13.2. The highest BCUT2D eigenvalue weighted by molar-refractivity contribution is 7.89. The number of methoxy groups -OCH3 is 1. The van der Waals surface area contributed by atoms with E-state index in [0.29, 0.717) is 5.69 Å². The molecular weight excluding hydrogens is 404 g/mol. The second-order valence-electron chi connectivity index (χ2n) is 6.12. The molecule has 2 aromatic carbocycles. The first-order valence-corrected chi connectivity index (χ1v) is 10.4. The van der Waals surface area contributed by atoms with Crippen LogP contribution in [-0.2, 0) is 19.6 Å². The maximum Gasteiger partial charge on any atom is 0.262 e. The van der Waals surface area contributed by atoms with Crippen molar-refractivity contribution in [1.82, 2.24) is 4.72 Å². The van der Waals surface area contributed by atoms with Crippen LogP contribution in [0.3, 0.4) is 0 Å². The predicted octanol–water partition coefficient (Wildman–Crippen LogP) is 2.90. The summed E-state index contributed by atoms with van der Waals surface area (Å²) in [5.74, 6) is -0.134. The van der Waals surface area contributed by atoms with Crippen LogP contribution in [0.15, 0.2) is 41.3 Å². The fourth-order valence-corrected chi connectivity index (χ4v) is 3.63. The Kier molecular flexibility index (Phi) is 7.82. The second-order valence-corrected chi connectivity index (χ2v) is 8.29. The minimum atomic E-state index is -3.70. The van der Waals surface area contributed by atoms with E-state index < -0.39 is 10.0 Å². The molecule has 7 nitrogen and oxygen atoms in total. The third-order valence-electron chi connectivity index (χ3n) is 3.96. The van der Waals surface area contributed by atoms with Gasteiger partial charge in [-0.05, 0) is 55.3 Å². The fourth-order valence-electron chi connectivity index (χ4n) is 2.29. The molecule has 0 bridgehead atoms. The molecule has 0 aromatic heterocycles. The lowest BCUT2D eigenvalue weighted by Crippen LogP contribution is -2.27. The van der Waals surface area contributed by atoms with Crippen molar-refractivity contribution in [3.05, 3.63) is 52.5 Å². The van der Waals surface area contributed by atoms with Crippen LogP contribution in [0.5, 0.6) is 5.75 Å². The zero-order valence-electron chi connectivity index (χ0n) is 15.9. The lowest BCUT2D eigenvalue weighted by molar-refractivity contribution is -0.118. The number of hydrogen-bond acceptors (Lipinski definition) is 5. The number of rotatable bonds is 9. The summed E-state index contributed by atoms with van der Waals surface area (Å²) in [5.41, 5.74) is 2.87. The number of sulfonamides is 1. The van der Waals surface area contributed by atoms with Crippen molar-refractivity contribution in [3.63, 3.8) is 0 Å². The zero-order valence-corrected chi connectivity index (χ0v) is 17.5. The van der Waals surface area contributed by atoms with Gasteiger partial charge in [-0.25, -0.2) is 13.1 Å². The molecular formula is C19H23ClN2O5S. The fraction of sp³-hybridized carbons (Fsp3) is 0.316. The maximum atomic E-state index is 12.2. The summed E-state index contributed by atoms with van der Waals surface area (Å²) in [6.45, 7) is 4.09. The quantitative estimate of drug-likeness (QED) is 0.601. The minimum Gasteiger partial charge on any atom is -0.482 e. The number of carbonyl (C=O) groups is 1. The number of nitrogens with one attached hydrogen (secondary N) is 2. The molecule has 9 heteroatoms. The molecule has 0 atom stereocenters. The highest BCUT2D eigenvalue weighted by Crippen LogP contribution is 2.27. The highest BCUT2D eigenvalue weighted by Gasteiger charge is 2.16. The van der Waals surface area contributed by atoms with Crippen LogP contribution >= 0.6 is 11.6 Å². The lowest BCUT2D eigenvalue weighted by atomic mass is 10.1. The van der Waals surface area contributed by atoms with E-state index in [2.05, 4.69) is 10.0 Å². The Morgan fingerprint density at radius 2 is 1.86 bits per heavy atom. The van der Waals surface area contributed by atoms with E-state index in [4.69, 9.17) is 21.1 Å². The molecule has 0 radical (unpaired) electrons. The molecule has 0 heterocycles. The number of hydrogen-bond donors (Lipinski definition) is 2. The van der Waals surface area contributed by atoms with E-state index in [1.54, 1.807) is 0 Å². The highest BCUT2D eigenvalue weighted by atomic mass is 35.5. The molecule has 0 fully saturated rings. The summed E-state index contributed by atoms with van der Waals surface area (Å²) in [4.78, 5) is 12.1. The SMILES string of the molecule is COCCNS(=O)(=O)c1ccc(OCC(=O)Nc2ccc(C)c(C)c2)c(Cl)c1. The molecule has 0 saturated heterocycles. The van der Waals surface area contributed by atoms with Gasteiger partial charge in [0.05, 0.1) is 16.5 Å². The van der Waals surface area contributed by atoms with Crippen molar-refractivity contribution in [2.75, 3.05) is 32.2 Å². The first kappa shape index (κ1) is 22.2. The molecule has 2 aromatic rings. The average Bonchev–Trinajstić information content (AvgIpc) is 2.64. The number of amides is 1. The van der Waals surface area contributed by atoms with Gasteiger partial charge < -0.3 is 14.8 Å². The zero-order chi connectivity index (χ0) is 20.7. The molecule has 0 spiro atoms. The minimum absolute atomic E-state index is 0.000496. The predicted molar refractivity (Wildman–Crippen MR) is 109 cm³/mol. The summed E-state index contributed by atoms with van der Waals surface area (Å²) in [5, 5.41) is 2.83. The van der Waals surface area contributed by atoms with Crippen molar-refractivity contribution in [2.24, 2.45) is 0 Å². The van der Waals surface area contributed by atoms with Crippen molar-refractivity contribution >= 4 is 33.2 Å². The van der Waals surface area contributed by atoms with Crippen LogP contribution < -0.4 is 14.8 Å². The normalized spacial score (nSPS) is 11.3.